The SMILES string of the molecule is CC(C)(C)OC(=O)NCC=Cc1c(Cl)cccc1Cl. The standard InChI is InChI=1S/C14H17Cl2NO2/c1-14(2,3)19-13(18)17-9-5-6-10-11(15)7-4-8-12(10)16/h4-8H,9H2,1-3H3,(H,17,18). The van der Waals surface area contributed by atoms with E-state index in [-0.39, 0.29) is 0 Å². The van der Waals surface area contributed by atoms with Gasteiger partial charge in [-0.25, -0.2) is 4.79 Å². The third kappa shape index (κ3) is 5.99. The molecule has 1 N–H and O–H groups in total. The predicted octanol–water partition coefficient (Wildman–Crippen LogP) is 4.53. The Morgan fingerprint density at radius 3 is 2.42 bits per heavy atom. The van der Waals surface area contributed by atoms with Gasteiger partial charge in [-0.05, 0) is 32.9 Å². The lowest BCUT2D eigenvalue weighted by Gasteiger charge is -2.19. The maximum absolute atomic E-state index is 11.4. The van der Waals surface area contributed by atoms with Crippen molar-refractivity contribution in [2.45, 2.75) is 26.4 Å². The van der Waals surface area contributed by atoms with E-state index in [4.69, 9.17) is 27.9 Å². The van der Waals surface area contributed by atoms with Gasteiger partial charge in [-0.3, -0.25) is 0 Å². The first-order chi connectivity index (χ1) is 8.79. The van der Waals surface area contributed by atoms with E-state index in [2.05, 4.69) is 5.32 Å². The van der Waals surface area contributed by atoms with E-state index in [9.17, 15) is 4.79 Å². The Balaban J connectivity index is 2.49. The Kier molecular flexibility index (Phi) is 5.70. The van der Waals surface area contributed by atoms with Gasteiger partial charge in [0.05, 0.1) is 0 Å². The van der Waals surface area contributed by atoms with Crippen LogP contribution in [0.15, 0.2) is 24.3 Å². The predicted molar refractivity (Wildman–Crippen MR) is 79.7 cm³/mol. The summed E-state index contributed by atoms with van der Waals surface area (Å²) in [6.07, 6.45) is 3.07. The maximum atomic E-state index is 11.4. The third-order valence-corrected chi connectivity index (χ3v) is 2.71. The van der Waals surface area contributed by atoms with E-state index in [0.29, 0.717) is 16.6 Å². The minimum atomic E-state index is -0.500. The summed E-state index contributed by atoms with van der Waals surface area (Å²) in [5.74, 6) is 0. The molecule has 5 heteroatoms. The molecule has 0 heterocycles. The molecule has 1 amide bonds. The summed E-state index contributed by atoms with van der Waals surface area (Å²) in [4.78, 5) is 11.4. The Morgan fingerprint density at radius 2 is 1.89 bits per heavy atom. The molecule has 1 aromatic rings. The Morgan fingerprint density at radius 1 is 1.32 bits per heavy atom. The molecule has 0 fully saturated rings. The largest absolute Gasteiger partial charge is 0.444 e. The van der Waals surface area contributed by atoms with E-state index < -0.39 is 11.7 Å². The number of ether oxygens (including phenoxy) is 1. The van der Waals surface area contributed by atoms with Gasteiger partial charge in [0.25, 0.3) is 0 Å². The monoisotopic (exact) mass is 301 g/mol. The molecule has 1 rings (SSSR count). The summed E-state index contributed by atoms with van der Waals surface area (Å²) in [6.45, 7) is 5.78. The second kappa shape index (κ2) is 6.83. The fraction of sp³-hybridized carbons (Fsp3) is 0.357. The minimum absolute atomic E-state index is 0.344. The molecule has 0 radical (unpaired) electrons. The van der Waals surface area contributed by atoms with E-state index >= 15 is 0 Å². The van der Waals surface area contributed by atoms with Crippen LogP contribution < -0.4 is 5.32 Å². The van der Waals surface area contributed by atoms with Crippen molar-refractivity contribution in [3.05, 3.63) is 39.9 Å². The summed E-state index contributed by atoms with van der Waals surface area (Å²) in [6, 6.07) is 5.30. The summed E-state index contributed by atoms with van der Waals surface area (Å²) in [7, 11) is 0. The summed E-state index contributed by atoms with van der Waals surface area (Å²) >= 11 is 12.0. The van der Waals surface area contributed by atoms with Crippen molar-refractivity contribution in [1.82, 2.24) is 5.32 Å². The van der Waals surface area contributed by atoms with Crippen LogP contribution in [0.2, 0.25) is 10.0 Å². The van der Waals surface area contributed by atoms with Crippen LogP contribution >= 0.6 is 23.2 Å². The molecule has 0 unspecified atom stereocenters. The van der Waals surface area contributed by atoms with Crippen LogP contribution in [0.25, 0.3) is 6.08 Å². The van der Waals surface area contributed by atoms with Crippen molar-refractivity contribution >= 4 is 35.4 Å². The highest BCUT2D eigenvalue weighted by Gasteiger charge is 2.14. The maximum Gasteiger partial charge on any atom is 0.407 e. The molecular weight excluding hydrogens is 285 g/mol. The number of benzene rings is 1. The number of rotatable bonds is 3. The zero-order valence-electron chi connectivity index (χ0n) is 11.2. The van der Waals surface area contributed by atoms with Gasteiger partial charge in [-0.1, -0.05) is 41.4 Å². The van der Waals surface area contributed by atoms with Crippen LogP contribution in [0.5, 0.6) is 0 Å². The highest BCUT2D eigenvalue weighted by molar-refractivity contribution is 6.37. The number of nitrogens with one attached hydrogen (secondary N) is 1. The zero-order valence-corrected chi connectivity index (χ0v) is 12.7. The normalized spacial score (nSPS) is 11.6. The molecule has 0 aliphatic carbocycles. The van der Waals surface area contributed by atoms with Crippen LogP contribution in [0, 0.1) is 0 Å². The summed E-state index contributed by atoms with van der Waals surface area (Å²) in [5, 5.41) is 3.76. The number of amides is 1. The van der Waals surface area contributed by atoms with Gasteiger partial charge in [-0.15, -0.1) is 0 Å². The van der Waals surface area contributed by atoms with Crippen molar-refractivity contribution in [1.29, 1.82) is 0 Å². The van der Waals surface area contributed by atoms with Gasteiger partial charge in [-0.2, -0.15) is 0 Å². The lowest BCUT2D eigenvalue weighted by Crippen LogP contribution is -2.32. The molecule has 1 aromatic carbocycles. The van der Waals surface area contributed by atoms with Crippen LogP contribution in [-0.2, 0) is 4.74 Å². The topological polar surface area (TPSA) is 38.3 Å². The van der Waals surface area contributed by atoms with Crippen LogP contribution in [-0.4, -0.2) is 18.2 Å². The van der Waals surface area contributed by atoms with Gasteiger partial charge < -0.3 is 10.1 Å². The fourth-order valence-corrected chi connectivity index (χ4v) is 1.83. The lowest BCUT2D eigenvalue weighted by atomic mass is 10.2. The number of carbonyl (C=O) groups excluding carboxylic acids is 1. The molecular formula is C14H17Cl2NO2. The van der Waals surface area contributed by atoms with E-state index in [0.717, 1.165) is 5.56 Å². The third-order valence-electron chi connectivity index (χ3n) is 2.05. The van der Waals surface area contributed by atoms with Gasteiger partial charge in [0.1, 0.15) is 5.60 Å². The average molecular weight is 302 g/mol. The Labute approximate surface area is 123 Å². The fourth-order valence-electron chi connectivity index (χ4n) is 1.30. The number of hydrogen-bond acceptors (Lipinski definition) is 2. The molecule has 3 nitrogen and oxygen atoms in total. The number of alkyl carbamates (subject to hydrolysis) is 1. The molecule has 19 heavy (non-hydrogen) atoms. The molecule has 0 spiro atoms. The van der Waals surface area contributed by atoms with Crippen LogP contribution in [0.3, 0.4) is 0 Å². The van der Waals surface area contributed by atoms with Crippen molar-refractivity contribution in [2.24, 2.45) is 0 Å². The number of carbonyl (C=O) groups is 1. The second-order valence-electron chi connectivity index (χ2n) is 4.92. The van der Waals surface area contributed by atoms with Crippen LogP contribution in [0.4, 0.5) is 4.79 Å². The van der Waals surface area contributed by atoms with E-state index in [1.165, 1.54) is 0 Å². The van der Waals surface area contributed by atoms with E-state index in [1.54, 1.807) is 30.4 Å². The highest BCUT2D eigenvalue weighted by atomic mass is 35.5. The molecule has 0 aliphatic heterocycles. The second-order valence-corrected chi connectivity index (χ2v) is 5.73. The Bertz CT molecular complexity index is 459. The number of halogens is 2. The molecule has 0 aromatic heterocycles. The van der Waals surface area contributed by atoms with Crippen molar-refractivity contribution in [2.75, 3.05) is 6.54 Å². The summed E-state index contributed by atoms with van der Waals surface area (Å²) < 4.78 is 5.10. The van der Waals surface area contributed by atoms with Crippen molar-refractivity contribution < 1.29 is 9.53 Å². The quantitative estimate of drug-likeness (QED) is 0.890. The van der Waals surface area contributed by atoms with Gasteiger partial charge >= 0.3 is 6.09 Å². The van der Waals surface area contributed by atoms with Gasteiger partial charge in [0.15, 0.2) is 0 Å². The molecule has 0 bridgehead atoms. The minimum Gasteiger partial charge on any atom is -0.444 e. The van der Waals surface area contributed by atoms with Crippen LogP contribution in [0.1, 0.15) is 26.3 Å². The van der Waals surface area contributed by atoms with Crippen molar-refractivity contribution in [3.8, 4) is 0 Å². The van der Waals surface area contributed by atoms with Gasteiger partial charge in [0.2, 0.25) is 0 Å². The average Bonchev–Trinajstić information content (AvgIpc) is 2.25. The zero-order chi connectivity index (χ0) is 14.5. The van der Waals surface area contributed by atoms with Crippen molar-refractivity contribution in [3.63, 3.8) is 0 Å². The first-order valence-electron chi connectivity index (χ1n) is 5.87. The molecule has 0 saturated heterocycles. The van der Waals surface area contributed by atoms with E-state index in [1.807, 2.05) is 20.8 Å². The molecule has 0 aliphatic rings. The smallest absolute Gasteiger partial charge is 0.407 e. The molecule has 0 saturated carbocycles. The first-order valence-corrected chi connectivity index (χ1v) is 6.62. The summed E-state index contributed by atoms with van der Waals surface area (Å²) in [5.41, 5.74) is 0.233. The molecule has 0 atom stereocenters. The highest BCUT2D eigenvalue weighted by Crippen LogP contribution is 2.25. The van der Waals surface area contributed by atoms with Gasteiger partial charge in [0, 0.05) is 22.2 Å². The molecule has 104 valence electrons. The number of hydrogen-bond donors (Lipinski definition) is 1. The first kappa shape index (κ1) is 15.9. The Hall–Kier alpha value is -1.19. The lowest BCUT2D eigenvalue weighted by molar-refractivity contribution is 0.0534.